The molecule has 1 atom stereocenters. The molecule has 0 aliphatic carbocycles. The van der Waals surface area contributed by atoms with E-state index in [0.29, 0.717) is 5.69 Å². The van der Waals surface area contributed by atoms with Crippen LogP contribution in [0.15, 0.2) is 24.3 Å². The Hall–Kier alpha value is -1.07. The summed E-state index contributed by atoms with van der Waals surface area (Å²) in [5.41, 5.74) is 7.07. The van der Waals surface area contributed by atoms with Crippen molar-refractivity contribution in [3.63, 3.8) is 0 Å². The van der Waals surface area contributed by atoms with Crippen molar-refractivity contribution in [3.8, 4) is 0 Å². The maximum atomic E-state index is 11.9. The fourth-order valence-electron chi connectivity index (χ4n) is 1.49. The van der Waals surface area contributed by atoms with Crippen LogP contribution in [0.1, 0.15) is 25.8 Å². The lowest BCUT2D eigenvalue weighted by molar-refractivity contribution is 0.589. The smallest absolute Gasteiger partial charge is 0.236 e. The Morgan fingerprint density at radius 1 is 1.35 bits per heavy atom. The lowest BCUT2D eigenvalue weighted by Gasteiger charge is -2.15. The van der Waals surface area contributed by atoms with Gasteiger partial charge in [0.1, 0.15) is 0 Å². The quantitative estimate of drug-likeness (QED) is 0.814. The largest absolute Gasteiger partial charge is 0.329 e. The monoisotopic (exact) mass is 256 g/mol. The molecule has 0 saturated heterocycles. The molecule has 0 heterocycles. The van der Waals surface area contributed by atoms with E-state index in [-0.39, 0.29) is 6.54 Å². The molecule has 0 fully saturated rings. The molecule has 1 unspecified atom stereocenters. The summed E-state index contributed by atoms with van der Waals surface area (Å²) in [7, 11) is -3.38. The molecule has 0 aliphatic rings. The van der Waals surface area contributed by atoms with Gasteiger partial charge in [-0.2, -0.15) is 0 Å². The Balaban J connectivity index is 2.95. The van der Waals surface area contributed by atoms with E-state index in [4.69, 9.17) is 5.73 Å². The molecular formula is C12H20N2O2S. The minimum Gasteiger partial charge on any atom is -0.329 e. The molecule has 0 bridgehead atoms. The first-order valence-electron chi connectivity index (χ1n) is 5.81. The molecule has 17 heavy (non-hydrogen) atoms. The highest BCUT2D eigenvalue weighted by Gasteiger charge is 2.19. The molecule has 0 spiro atoms. The van der Waals surface area contributed by atoms with E-state index in [1.807, 2.05) is 18.2 Å². The lowest BCUT2D eigenvalue weighted by atomic mass is 10.1. The molecule has 0 aromatic heterocycles. The first-order valence-corrected chi connectivity index (χ1v) is 7.35. The molecule has 3 N–H and O–H groups in total. The fourth-order valence-corrected chi connectivity index (χ4v) is 2.45. The Morgan fingerprint density at radius 3 is 2.59 bits per heavy atom. The number of hydrogen-bond acceptors (Lipinski definition) is 3. The van der Waals surface area contributed by atoms with Crippen LogP contribution >= 0.6 is 0 Å². The Labute approximate surface area is 103 Å². The highest BCUT2D eigenvalue weighted by molar-refractivity contribution is 7.93. The molecule has 96 valence electrons. The van der Waals surface area contributed by atoms with Crippen molar-refractivity contribution in [2.24, 2.45) is 5.73 Å². The van der Waals surface area contributed by atoms with E-state index in [2.05, 4.69) is 11.6 Å². The van der Waals surface area contributed by atoms with Crippen molar-refractivity contribution in [1.82, 2.24) is 0 Å². The normalized spacial score (nSPS) is 13.4. The Morgan fingerprint density at radius 2 is 2.00 bits per heavy atom. The summed E-state index contributed by atoms with van der Waals surface area (Å²) in [6.45, 7) is 3.78. The Kier molecular flexibility index (Phi) is 4.96. The van der Waals surface area contributed by atoms with Crippen LogP contribution in [0, 0.1) is 0 Å². The second-order valence-corrected chi connectivity index (χ2v) is 6.20. The molecule has 1 aromatic rings. The first-order chi connectivity index (χ1) is 8.01. The highest BCUT2D eigenvalue weighted by atomic mass is 32.2. The molecule has 0 aliphatic heterocycles. The molecule has 4 nitrogen and oxygen atoms in total. The molecule has 0 radical (unpaired) electrons. The average Bonchev–Trinajstić information content (AvgIpc) is 2.30. The number of hydrogen-bond donors (Lipinski definition) is 2. The van der Waals surface area contributed by atoms with Crippen molar-refractivity contribution in [3.05, 3.63) is 29.8 Å². The zero-order valence-corrected chi connectivity index (χ0v) is 11.1. The number of para-hydroxylation sites is 1. The van der Waals surface area contributed by atoms with Gasteiger partial charge in [-0.3, -0.25) is 4.72 Å². The molecule has 1 aromatic carbocycles. The average molecular weight is 256 g/mol. The van der Waals surface area contributed by atoms with Crippen molar-refractivity contribution in [2.45, 2.75) is 31.9 Å². The van der Waals surface area contributed by atoms with Gasteiger partial charge in [0.15, 0.2) is 0 Å². The standard InChI is InChI=1S/C12H20N2O2S/c1-3-6-11-7-4-5-8-12(11)14-17(15,16)10(2)9-13/h4-5,7-8,10,14H,3,6,9,13H2,1-2H3. The van der Waals surface area contributed by atoms with Gasteiger partial charge in [-0.05, 0) is 25.0 Å². The SMILES string of the molecule is CCCc1ccccc1NS(=O)(=O)C(C)CN. The van der Waals surface area contributed by atoms with Gasteiger partial charge in [0, 0.05) is 6.54 Å². The summed E-state index contributed by atoms with van der Waals surface area (Å²) >= 11 is 0. The van der Waals surface area contributed by atoms with E-state index < -0.39 is 15.3 Å². The van der Waals surface area contributed by atoms with E-state index in [9.17, 15) is 8.42 Å². The van der Waals surface area contributed by atoms with E-state index in [1.165, 1.54) is 0 Å². The third-order valence-corrected chi connectivity index (χ3v) is 4.41. The number of anilines is 1. The van der Waals surface area contributed by atoms with Gasteiger partial charge in [0.05, 0.1) is 10.9 Å². The Bertz CT molecular complexity index is 457. The summed E-state index contributed by atoms with van der Waals surface area (Å²) in [5, 5.41) is -0.586. The minimum absolute atomic E-state index is 0.116. The second kappa shape index (κ2) is 6.02. The first kappa shape index (κ1) is 14.0. The van der Waals surface area contributed by atoms with E-state index in [0.717, 1.165) is 18.4 Å². The summed E-state index contributed by atoms with van der Waals surface area (Å²) in [6.07, 6.45) is 1.83. The number of benzene rings is 1. The van der Waals surface area contributed by atoms with Crippen LogP contribution in [0.2, 0.25) is 0 Å². The van der Waals surface area contributed by atoms with Crippen molar-refractivity contribution >= 4 is 15.7 Å². The minimum atomic E-state index is -3.38. The van der Waals surface area contributed by atoms with Crippen LogP contribution in [0.5, 0.6) is 0 Å². The molecule has 5 heteroatoms. The van der Waals surface area contributed by atoms with Crippen LogP contribution in [0.3, 0.4) is 0 Å². The fraction of sp³-hybridized carbons (Fsp3) is 0.500. The molecule has 0 amide bonds. The lowest BCUT2D eigenvalue weighted by Crippen LogP contribution is -2.31. The van der Waals surface area contributed by atoms with E-state index >= 15 is 0 Å². The molecular weight excluding hydrogens is 236 g/mol. The number of nitrogens with two attached hydrogens (primary N) is 1. The summed E-state index contributed by atoms with van der Waals surface area (Å²) < 4.78 is 26.4. The predicted octanol–water partition coefficient (Wildman–Crippen LogP) is 1.73. The predicted molar refractivity (Wildman–Crippen MR) is 71.5 cm³/mol. The zero-order chi connectivity index (χ0) is 12.9. The van der Waals surface area contributed by atoms with Gasteiger partial charge < -0.3 is 5.73 Å². The van der Waals surface area contributed by atoms with Crippen LogP contribution in [0.25, 0.3) is 0 Å². The van der Waals surface area contributed by atoms with Crippen molar-refractivity contribution < 1.29 is 8.42 Å². The second-order valence-electron chi connectivity index (χ2n) is 4.10. The molecule has 0 saturated carbocycles. The van der Waals surface area contributed by atoms with Crippen LogP contribution in [-0.2, 0) is 16.4 Å². The third kappa shape index (κ3) is 3.71. The van der Waals surface area contributed by atoms with Crippen molar-refractivity contribution in [2.75, 3.05) is 11.3 Å². The van der Waals surface area contributed by atoms with Crippen molar-refractivity contribution in [1.29, 1.82) is 0 Å². The van der Waals surface area contributed by atoms with Gasteiger partial charge >= 0.3 is 0 Å². The van der Waals surface area contributed by atoms with Crippen LogP contribution in [0.4, 0.5) is 5.69 Å². The van der Waals surface area contributed by atoms with Gasteiger partial charge in [-0.15, -0.1) is 0 Å². The van der Waals surface area contributed by atoms with Gasteiger partial charge in [-0.25, -0.2) is 8.42 Å². The number of sulfonamides is 1. The van der Waals surface area contributed by atoms with Gasteiger partial charge in [0.25, 0.3) is 0 Å². The topological polar surface area (TPSA) is 72.2 Å². The number of rotatable bonds is 6. The number of nitrogens with one attached hydrogen (secondary N) is 1. The van der Waals surface area contributed by atoms with Crippen LogP contribution in [-0.4, -0.2) is 20.2 Å². The summed E-state index contributed by atoms with van der Waals surface area (Å²) in [6, 6.07) is 7.46. The van der Waals surface area contributed by atoms with Gasteiger partial charge in [-0.1, -0.05) is 31.5 Å². The summed E-state index contributed by atoms with van der Waals surface area (Å²) in [5.74, 6) is 0. The summed E-state index contributed by atoms with van der Waals surface area (Å²) in [4.78, 5) is 0. The van der Waals surface area contributed by atoms with E-state index in [1.54, 1.807) is 13.0 Å². The third-order valence-electron chi connectivity index (χ3n) is 2.65. The maximum Gasteiger partial charge on any atom is 0.236 e. The highest BCUT2D eigenvalue weighted by Crippen LogP contribution is 2.19. The van der Waals surface area contributed by atoms with Crippen LogP contribution < -0.4 is 10.5 Å². The zero-order valence-electron chi connectivity index (χ0n) is 10.3. The maximum absolute atomic E-state index is 11.9. The molecule has 1 rings (SSSR count). The van der Waals surface area contributed by atoms with Gasteiger partial charge in [0.2, 0.25) is 10.0 Å². The number of aryl methyl sites for hydroxylation is 1.